The fourth-order valence-corrected chi connectivity index (χ4v) is 4.23. The number of carbonyl (C=O) groups is 1. The van der Waals surface area contributed by atoms with E-state index in [0.717, 1.165) is 10.8 Å². The van der Waals surface area contributed by atoms with Crippen LogP contribution in [0.3, 0.4) is 0 Å². The summed E-state index contributed by atoms with van der Waals surface area (Å²) in [6.45, 7) is 0. The fraction of sp³-hybridized carbons (Fsp3) is 0. The number of rotatable bonds is 2. The van der Waals surface area contributed by atoms with E-state index in [2.05, 4.69) is 0 Å². The molecule has 0 spiro atoms. The molecule has 0 atom stereocenters. The molecule has 0 aliphatic rings. The second-order valence-corrected chi connectivity index (χ2v) is 6.67. The van der Waals surface area contributed by atoms with Crippen molar-refractivity contribution in [2.45, 2.75) is 0 Å². The third-order valence-corrected chi connectivity index (χ3v) is 5.49. The molecule has 0 radical (unpaired) electrons. The topological polar surface area (TPSA) is 17.1 Å². The van der Waals surface area contributed by atoms with Crippen LogP contribution in [0.15, 0.2) is 60.7 Å². The van der Waals surface area contributed by atoms with Gasteiger partial charge < -0.3 is 0 Å². The quantitative estimate of drug-likeness (QED) is 0.404. The highest BCUT2D eigenvalue weighted by Gasteiger charge is 2.20. The van der Waals surface area contributed by atoms with Crippen LogP contribution >= 0.6 is 22.9 Å². The highest BCUT2D eigenvalue weighted by atomic mass is 35.5. The molecule has 1 nitrogen and oxygen atoms in total. The maximum atomic E-state index is 13.4. The van der Waals surface area contributed by atoms with Gasteiger partial charge in [-0.15, -0.1) is 11.3 Å². The fourth-order valence-electron chi connectivity index (χ4n) is 2.73. The van der Waals surface area contributed by atoms with Crippen molar-refractivity contribution in [1.82, 2.24) is 0 Å². The molecule has 0 saturated heterocycles. The molecule has 0 saturated carbocycles. The van der Waals surface area contributed by atoms with E-state index in [1.54, 1.807) is 12.1 Å². The molecule has 3 aromatic carbocycles. The molecule has 0 bridgehead atoms. The van der Waals surface area contributed by atoms with Crippen LogP contribution in [0.25, 0.3) is 20.9 Å². The number of ketones is 1. The first-order valence-electron chi connectivity index (χ1n) is 7.05. The molecular weight excluding hydrogens is 331 g/mol. The highest BCUT2D eigenvalue weighted by molar-refractivity contribution is 7.21. The zero-order valence-corrected chi connectivity index (χ0v) is 13.4. The third kappa shape index (κ3) is 2.33. The van der Waals surface area contributed by atoms with E-state index in [4.69, 9.17) is 11.6 Å². The summed E-state index contributed by atoms with van der Waals surface area (Å²) in [6.07, 6.45) is 0. The van der Waals surface area contributed by atoms with Gasteiger partial charge in [0.05, 0.1) is 9.90 Å². The van der Waals surface area contributed by atoms with Crippen molar-refractivity contribution in [2.75, 3.05) is 0 Å². The van der Waals surface area contributed by atoms with Gasteiger partial charge >= 0.3 is 0 Å². The van der Waals surface area contributed by atoms with Crippen LogP contribution in [-0.4, -0.2) is 5.78 Å². The predicted molar refractivity (Wildman–Crippen MR) is 94.2 cm³/mol. The first kappa shape index (κ1) is 14.4. The second kappa shape index (κ2) is 5.44. The molecule has 4 rings (SSSR count). The van der Waals surface area contributed by atoms with Gasteiger partial charge in [0.25, 0.3) is 0 Å². The molecule has 1 heterocycles. The molecule has 4 aromatic rings. The Morgan fingerprint density at radius 2 is 1.74 bits per heavy atom. The Hall–Kier alpha value is -2.23. The number of carbonyl (C=O) groups excluding carboxylic acids is 1. The number of hydrogen-bond acceptors (Lipinski definition) is 2. The lowest BCUT2D eigenvalue weighted by Crippen LogP contribution is -2.00. The maximum Gasteiger partial charge on any atom is 0.205 e. The smallest absolute Gasteiger partial charge is 0.205 e. The first-order chi connectivity index (χ1) is 11.1. The van der Waals surface area contributed by atoms with Gasteiger partial charge in [-0.2, -0.15) is 0 Å². The average molecular weight is 341 g/mol. The van der Waals surface area contributed by atoms with Crippen LogP contribution in [0.4, 0.5) is 4.39 Å². The van der Waals surface area contributed by atoms with Gasteiger partial charge in [-0.1, -0.05) is 54.1 Å². The summed E-state index contributed by atoms with van der Waals surface area (Å²) in [5.74, 6) is -0.465. The standard InChI is InChI=1S/C19H10ClFOS/c20-17-15-9-8-12(21)10-16(15)23-19(17)18(22)14-7-3-5-11-4-1-2-6-13(11)14/h1-10H. The molecule has 0 aliphatic heterocycles. The molecule has 0 amide bonds. The van der Waals surface area contributed by atoms with Crippen molar-refractivity contribution in [1.29, 1.82) is 0 Å². The zero-order valence-electron chi connectivity index (χ0n) is 11.8. The molecule has 112 valence electrons. The SMILES string of the molecule is O=C(c1sc2cc(F)ccc2c1Cl)c1cccc2ccccc12. The van der Waals surface area contributed by atoms with Crippen molar-refractivity contribution in [3.63, 3.8) is 0 Å². The zero-order chi connectivity index (χ0) is 16.0. The van der Waals surface area contributed by atoms with Gasteiger partial charge in [-0.3, -0.25) is 4.79 Å². The summed E-state index contributed by atoms with van der Waals surface area (Å²) in [7, 11) is 0. The van der Waals surface area contributed by atoms with E-state index in [1.807, 2.05) is 36.4 Å². The number of hydrogen-bond donors (Lipinski definition) is 0. The van der Waals surface area contributed by atoms with Crippen molar-refractivity contribution in [3.8, 4) is 0 Å². The van der Waals surface area contributed by atoms with Crippen molar-refractivity contribution in [2.24, 2.45) is 0 Å². The van der Waals surface area contributed by atoms with Crippen LogP contribution in [0.5, 0.6) is 0 Å². The van der Waals surface area contributed by atoms with Crippen LogP contribution in [0.1, 0.15) is 15.2 Å². The Morgan fingerprint density at radius 3 is 2.61 bits per heavy atom. The number of thiophene rings is 1. The largest absolute Gasteiger partial charge is 0.288 e. The molecule has 0 aliphatic carbocycles. The van der Waals surface area contributed by atoms with Gasteiger partial charge in [0.2, 0.25) is 5.78 Å². The Bertz CT molecular complexity index is 1060. The summed E-state index contributed by atoms with van der Waals surface area (Å²) in [5, 5.41) is 2.99. The van der Waals surface area contributed by atoms with Crippen molar-refractivity contribution >= 4 is 49.6 Å². The van der Waals surface area contributed by atoms with Crippen LogP contribution in [0, 0.1) is 5.82 Å². The lowest BCUT2D eigenvalue weighted by atomic mass is 10.0. The predicted octanol–water partition coefficient (Wildman–Crippen LogP) is 6.08. The van der Waals surface area contributed by atoms with Crippen LogP contribution in [0.2, 0.25) is 5.02 Å². The minimum absolute atomic E-state index is 0.131. The molecule has 0 unspecified atom stereocenters. The van der Waals surface area contributed by atoms with Gasteiger partial charge in [0.15, 0.2) is 0 Å². The first-order valence-corrected chi connectivity index (χ1v) is 8.24. The Balaban J connectivity index is 1.93. The summed E-state index contributed by atoms with van der Waals surface area (Å²) >= 11 is 7.60. The lowest BCUT2D eigenvalue weighted by Gasteiger charge is -2.04. The molecule has 4 heteroatoms. The summed E-state index contributed by atoms with van der Waals surface area (Å²) in [6, 6.07) is 17.7. The van der Waals surface area contributed by atoms with E-state index >= 15 is 0 Å². The summed E-state index contributed by atoms with van der Waals surface area (Å²) in [4.78, 5) is 13.4. The molecule has 0 N–H and O–H groups in total. The van der Waals surface area contributed by atoms with E-state index < -0.39 is 0 Å². The van der Waals surface area contributed by atoms with E-state index in [1.165, 1.54) is 23.5 Å². The second-order valence-electron chi connectivity index (χ2n) is 5.24. The van der Waals surface area contributed by atoms with Gasteiger partial charge in [0.1, 0.15) is 5.82 Å². The monoisotopic (exact) mass is 340 g/mol. The Morgan fingerprint density at radius 1 is 0.957 bits per heavy atom. The number of fused-ring (bicyclic) bond motifs is 2. The number of benzene rings is 3. The lowest BCUT2D eigenvalue weighted by molar-refractivity contribution is 0.104. The normalized spacial score (nSPS) is 11.2. The molecule has 0 fully saturated rings. The Labute approximate surface area is 140 Å². The maximum absolute atomic E-state index is 13.4. The van der Waals surface area contributed by atoms with Gasteiger partial charge in [-0.05, 0) is 29.0 Å². The molecule has 1 aromatic heterocycles. The Kier molecular flexibility index (Phi) is 3.40. The third-order valence-electron chi connectivity index (χ3n) is 3.83. The van der Waals surface area contributed by atoms with Crippen LogP contribution < -0.4 is 0 Å². The van der Waals surface area contributed by atoms with Gasteiger partial charge in [0, 0.05) is 15.6 Å². The van der Waals surface area contributed by atoms with Crippen molar-refractivity contribution in [3.05, 3.63) is 81.9 Å². The minimum atomic E-state index is -0.334. The van der Waals surface area contributed by atoms with E-state index in [0.29, 0.717) is 25.5 Å². The average Bonchev–Trinajstić information content (AvgIpc) is 2.90. The molecular formula is C19H10ClFOS. The summed E-state index contributed by atoms with van der Waals surface area (Å²) in [5.41, 5.74) is 0.608. The van der Waals surface area contributed by atoms with Gasteiger partial charge in [-0.25, -0.2) is 4.39 Å². The highest BCUT2D eigenvalue weighted by Crippen LogP contribution is 2.37. The summed E-state index contributed by atoms with van der Waals surface area (Å²) < 4.78 is 14.1. The van der Waals surface area contributed by atoms with Crippen molar-refractivity contribution < 1.29 is 9.18 Å². The molecule has 23 heavy (non-hydrogen) atoms. The van der Waals surface area contributed by atoms with Crippen LogP contribution in [-0.2, 0) is 0 Å². The minimum Gasteiger partial charge on any atom is -0.288 e. The van der Waals surface area contributed by atoms with E-state index in [-0.39, 0.29) is 11.6 Å². The number of halogens is 2. The van der Waals surface area contributed by atoms with E-state index in [9.17, 15) is 9.18 Å².